The van der Waals surface area contributed by atoms with Crippen LogP contribution in [0.25, 0.3) is 0 Å². The molecule has 2 aromatic rings. The largest absolute Gasteiger partial charge is 0.368 e. The van der Waals surface area contributed by atoms with Gasteiger partial charge in [-0.05, 0) is 37.3 Å². The molecule has 0 bridgehead atoms. The van der Waals surface area contributed by atoms with Crippen molar-refractivity contribution in [1.82, 2.24) is 20.4 Å². The fraction of sp³-hybridized carbons (Fsp3) is 0.412. The molecule has 0 radical (unpaired) electrons. The molecule has 1 aromatic heterocycles. The van der Waals surface area contributed by atoms with Crippen molar-refractivity contribution in [3.05, 3.63) is 47.5 Å². The van der Waals surface area contributed by atoms with Gasteiger partial charge in [0.1, 0.15) is 11.9 Å². The van der Waals surface area contributed by atoms with E-state index >= 15 is 0 Å². The van der Waals surface area contributed by atoms with E-state index in [1.54, 1.807) is 24.1 Å². The molecule has 3 rings (SSSR count). The standard InChI is InChI=1S/C17H22FN5O/c1-12-9-14(21-20-12)10-22(2)17(24)16-11-23(8-7-19-16)15-5-3-13(18)4-6-15/h3-6,9,16,19H,7-8,10-11H2,1-2H3,(H,20,21)/t16-/m0/s1. The first-order valence-electron chi connectivity index (χ1n) is 8.02. The molecule has 1 amide bonds. The minimum Gasteiger partial charge on any atom is -0.368 e. The number of aromatic amines is 1. The summed E-state index contributed by atoms with van der Waals surface area (Å²) in [6.45, 7) is 4.47. The van der Waals surface area contributed by atoms with Crippen LogP contribution in [-0.2, 0) is 11.3 Å². The van der Waals surface area contributed by atoms with E-state index in [2.05, 4.69) is 20.4 Å². The summed E-state index contributed by atoms with van der Waals surface area (Å²) in [4.78, 5) is 16.5. The summed E-state index contributed by atoms with van der Waals surface area (Å²) in [6.07, 6.45) is 0. The minimum atomic E-state index is -0.283. The van der Waals surface area contributed by atoms with Gasteiger partial charge in [0.05, 0.1) is 12.2 Å². The van der Waals surface area contributed by atoms with Gasteiger partial charge in [-0.15, -0.1) is 0 Å². The fourth-order valence-electron chi connectivity index (χ4n) is 2.94. The maximum absolute atomic E-state index is 13.1. The third-order valence-corrected chi connectivity index (χ3v) is 4.20. The number of aromatic nitrogens is 2. The van der Waals surface area contributed by atoms with Crippen LogP contribution in [0, 0.1) is 12.7 Å². The highest BCUT2D eigenvalue weighted by molar-refractivity contribution is 5.82. The van der Waals surface area contributed by atoms with Crippen LogP contribution in [0.3, 0.4) is 0 Å². The summed E-state index contributed by atoms with van der Waals surface area (Å²) in [6, 6.07) is 8.04. The number of amides is 1. The molecule has 1 saturated heterocycles. The van der Waals surface area contributed by atoms with Gasteiger partial charge in [-0.1, -0.05) is 0 Å². The third kappa shape index (κ3) is 3.73. The molecule has 7 heteroatoms. The Morgan fingerprint density at radius 1 is 1.42 bits per heavy atom. The second-order valence-electron chi connectivity index (χ2n) is 6.17. The van der Waals surface area contributed by atoms with Gasteiger partial charge in [-0.2, -0.15) is 5.10 Å². The first-order valence-corrected chi connectivity index (χ1v) is 8.02. The highest BCUT2D eigenvalue weighted by Gasteiger charge is 2.28. The molecule has 0 saturated carbocycles. The minimum absolute atomic E-state index is 0.0301. The molecule has 0 spiro atoms. The number of rotatable bonds is 4. The van der Waals surface area contributed by atoms with Crippen molar-refractivity contribution in [3.63, 3.8) is 0 Å². The molecule has 1 atom stereocenters. The van der Waals surface area contributed by atoms with E-state index in [0.717, 1.165) is 23.6 Å². The zero-order chi connectivity index (χ0) is 17.1. The lowest BCUT2D eigenvalue weighted by Crippen LogP contribution is -2.57. The van der Waals surface area contributed by atoms with E-state index in [4.69, 9.17) is 0 Å². The van der Waals surface area contributed by atoms with Crippen LogP contribution in [0.15, 0.2) is 30.3 Å². The number of H-pyrrole nitrogens is 1. The Kier molecular flexibility index (Phi) is 4.80. The molecular weight excluding hydrogens is 309 g/mol. The molecule has 128 valence electrons. The van der Waals surface area contributed by atoms with Gasteiger partial charge in [0.15, 0.2) is 0 Å². The number of nitrogens with zero attached hydrogens (tertiary/aromatic N) is 3. The van der Waals surface area contributed by atoms with E-state index in [1.807, 2.05) is 13.0 Å². The number of benzene rings is 1. The first kappa shape index (κ1) is 16.4. The van der Waals surface area contributed by atoms with Crippen molar-refractivity contribution in [3.8, 4) is 0 Å². The quantitative estimate of drug-likeness (QED) is 0.886. The van der Waals surface area contributed by atoms with Gasteiger partial charge in [0, 0.05) is 38.1 Å². The number of nitrogens with one attached hydrogen (secondary N) is 2. The number of hydrogen-bond acceptors (Lipinski definition) is 4. The highest BCUT2D eigenvalue weighted by Crippen LogP contribution is 2.17. The van der Waals surface area contributed by atoms with Gasteiger partial charge in [0.2, 0.25) is 5.91 Å². The van der Waals surface area contributed by atoms with E-state index in [-0.39, 0.29) is 17.8 Å². The van der Waals surface area contributed by atoms with Gasteiger partial charge in [0.25, 0.3) is 0 Å². The van der Waals surface area contributed by atoms with Crippen molar-refractivity contribution in [2.75, 3.05) is 31.6 Å². The average Bonchev–Trinajstić information content (AvgIpc) is 3.00. The molecule has 0 unspecified atom stereocenters. The molecule has 1 fully saturated rings. The Balaban J connectivity index is 1.63. The van der Waals surface area contributed by atoms with Crippen molar-refractivity contribution in [1.29, 1.82) is 0 Å². The number of piperazine rings is 1. The lowest BCUT2D eigenvalue weighted by Gasteiger charge is -2.36. The number of aryl methyl sites for hydroxylation is 1. The highest BCUT2D eigenvalue weighted by atomic mass is 19.1. The van der Waals surface area contributed by atoms with Crippen LogP contribution in [-0.4, -0.2) is 53.7 Å². The molecular formula is C17H22FN5O. The number of anilines is 1. The monoisotopic (exact) mass is 331 g/mol. The Morgan fingerprint density at radius 3 is 2.83 bits per heavy atom. The maximum atomic E-state index is 13.1. The van der Waals surface area contributed by atoms with Crippen molar-refractivity contribution in [2.24, 2.45) is 0 Å². The second kappa shape index (κ2) is 7.00. The smallest absolute Gasteiger partial charge is 0.241 e. The summed E-state index contributed by atoms with van der Waals surface area (Å²) in [5.74, 6) is -0.224. The maximum Gasteiger partial charge on any atom is 0.241 e. The fourth-order valence-corrected chi connectivity index (χ4v) is 2.94. The van der Waals surface area contributed by atoms with Crippen LogP contribution >= 0.6 is 0 Å². The second-order valence-corrected chi connectivity index (χ2v) is 6.17. The van der Waals surface area contributed by atoms with Crippen LogP contribution in [0.1, 0.15) is 11.4 Å². The van der Waals surface area contributed by atoms with Crippen LogP contribution in [0.5, 0.6) is 0 Å². The van der Waals surface area contributed by atoms with Crippen LogP contribution in [0.4, 0.5) is 10.1 Å². The number of carbonyl (C=O) groups excluding carboxylic acids is 1. The molecule has 6 nitrogen and oxygen atoms in total. The molecule has 1 aromatic carbocycles. The van der Waals surface area contributed by atoms with Crippen molar-refractivity contribution < 1.29 is 9.18 Å². The predicted octanol–water partition coefficient (Wildman–Crippen LogP) is 1.29. The van der Waals surface area contributed by atoms with E-state index in [1.165, 1.54) is 12.1 Å². The third-order valence-electron chi connectivity index (χ3n) is 4.20. The molecule has 24 heavy (non-hydrogen) atoms. The molecule has 1 aliphatic heterocycles. The van der Waals surface area contributed by atoms with E-state index in [0.29, 0.717) is 19.6 Å². The van der Waals surface area contributed by atoms with Gasteiger partial charge in [-0.3, -0.25) is 9.89 Å². The summed E-state index contributed by atoms with van der Waals surface area (Å²) in [7, 11) is 1.78. The lowest BCUT2D eigenvalue weighted by atomic mass is 10.1. The molecule has 2 heterocycles. The number of hydrogen-bond donors (Lipinski definition) is 2. The predicted molar refractivity (Wildman–Crippen MR) is 90.2 cm³/mol. The Labute approximate surface area is 140 Å². The van der Waals surface area contributed by atoms with Crippen molar-refractivity contribution in [2.45, 2.75) is 19.5 Å². The Hall–Kier alpha value is -2.41. The number of likely N-dealkylation sites (N-methyl/N-ethyl adjacent to an activating group) is 1. The summed E-state index contributed by atoms with van der Waals surface area (Å²) >= 11 is 0. The van der Waals surface area contributed by atoms with E-state index in [9.17, 15) is 9.18 Å². The lowest BCUT2D eigenvalue weighted by molar-refractivity contribution is -0.132. The normalized spacial score (nSPS) is 17.8. The number of halogens is 1. The number of carbonyl (C=O) groups is 1. The zero-order valence-corrected chi connectivity index (χ0v) is 13.9. The van der Waals surface area contributed by atoms with Gasteiger partial charge < -0.3 is 15.1 Å². The topological polar surface area (TPSA) is 64.3 Å². The van der Waals surface area contributed by atoms with Crippen LogP contribution in [0.2, 0.25) is 0 Å². The Bertz CT molecular complexity index is 699. The zero-order valence-electron chi connectivity index (χ0n) is 13.9. The molecule has 2 N–H and O–H groups in total. The van der Waals surface area contributed by atoms with E-state index < -0.39 is 0 Å². The first-order chi connectivity index (χ1) is 11.5. The average molecular weight is 331 g/mol. The van der Waals surface area contributed by atoms with Crippen molar-refractivity contribution >= 4 is 11.6 Å². The van der Waals surface area contributed by atoms with Gasteiger partial charge in [-0.25, -0.2) is 4.39 Å². The molecule has 1 aliphatic rings. The van der Waals surface area contributed by atoms with Gasteiger partial charge >= 0.3 is 0 Å². The summed E-state index contributed by atoms with van der Waals surface area (Å²) in [5.41, 5.74) is 2.75. The van der Waals surface area contributed by atoms with Crippen LogP contribution < -0.4 is 10.2 Å². The molecule has 0 aliphatic carbocycles. The summed E-state index contributed by atoms with van der Waals surface area (Å²) < 4.78 is 13.1. The summed E-state index contributed by atoms with van der Waals surface area (Å²) in [5, 5.41) is 10.3. The Morgan fingerprint density at radius 2 is 2.17 bits per heavy atom. The SMILES string of the molecule is Cc1cc(CN(C)C(=O)[C@@H]2CN(c3ccc(F)cc3)CCN2)n[nH]1.